The van der Waals surface area contributed by atoms with Gasteiger partial charge < -0.3 is 0 Å². The molecular weight excluding hydrogens is 288 g/mol. The summed E-state index contributed by atoms with van der Waals surface area (Å²) >= 11 is 11.2. The van der Waals surface area contributed by atoms with Crippen LogP contribution in [-0.4, -0.2) is 19.6 Å². The van der Waals surface area contributed by atoms with Crippen molar-refractivity contribution in [2.45, 2.75) is 5.32 Å². The van der Waals surface area contributed by atoms with E-state index >= 15 is 0 Å². The van der Waals surface area contributed by atoms with Gasteiger partial charge in [-0.2, -0.15) is 0 Å². The van der Waals surface area contributed by atoms with E-state index in [1.165, 1.54) is 6.07 Å². The maximum absolute atomic E-state index is 11.5. The van der Waals surface area contributed by atoms with Crippen LogP contribution in [0.2, 0.25) is 15.4 Å². The number of nitriles is 1. The summed E-state index contributed by atoms with van der Waals surface area (Å²) in [5, 5.41) is 9.45. The van der Waals surface area contributed by atoms with Gasteiger partial charge in [-0.25, -0.2) is 0 Å². The van der Waals surface area contributed by atoms with Gasteiger partial charge in [0.05, 0.1) is 0 Å². The molecule has 72 valence electrons. The molecule has 1 aromatic carbocycles. The van der Waals surface area contributed by atoms with E-state index in [9.17, 15) is 4.79 Å². The van der Waals surface area contributed by atoms with Crippen molar-refractivity contribution < 1.29 is 4.79 Å². The molecule has 0 heterocycles. The van der Waals surface area contributed by atoms with Gasteiger partial charge in [0.1, 0.15) is 0 Å². The number of nitrogens with zero attached hydrogens (tertiary/aromatic N) is 1. The second-order valence-corrected chi connectivity index (χ2v) is 5.19. The summed E-state index contributed by atoms with van der Waals surface area (Å²) in [4.78, 5) is 11.5. The SMILES string of the molecule is N#CC[Se]C(=O)c1ccc(Cl)cc1Cl. The van der Waals surface area contributed by atoms with Crippen LogP contribution in [0.1, 0.15) is 10.4 Å². The van der Waals surface area contributed by atoms with E-state index in [1.807, 2.05) is 6.07 Å². The van der Waals surface area contributed by atoms with Crippen molar-refractivity contribution in [3.63, 3.8) is 0 Å². The second-order valence-electron chi connectivity index (χ2n) is 2.36. The fourth-order valence-corrected chi connectivity index (χ4v) is 2.56. The van der Waals surface area contributed by atoms with E-state index in [1.54, 1.807) is 12.1 Å². The molecule has 0 aliphatic heterocycles. The van der Waals surface area contributed by atoms with Crippen LogP contribution in [0, 0.1) is 11.3 Å². The van der Waals surface area contributed by atoms with E-state index in [-0.39, 0.29) is 25.0 Å². The summed E-state index contributed by atoms with van der Waals surface area (Å²) in [6, 6.07) is 6.67. The zero-order valence-electron chi connectivity index (χ0n) is 6.96. The molecule has 1 aromatic rings. The van der Waals surface area contributed by atoms with Gasteiger partial charge in [0.25, 0.3) is 0 Å². The second kappa shape index (κ2) is 5.38. The Bertz CT molecular complexity index is 400. The van der Waals surface area contributed by atoms with Gasteiger partial charge in [-0.05, 0) is 0 Å². The molecule has 0 atom stereocenters. The fourth-order valence-electron chi connectivity index (χ4n) is 0.831. The average molecular weight is 293 g/mol. The molecule has 2 nitrogen and oxygen atoms in total. The number of carbonyl (C=O) groups is 1. The molecule has 0 aliphatic rings. The quantitative estimate of drug-likeness (QED) is 0.804. The van der Waals surface area contributed by atoms with Gasteiger partial charge in [0.2, 0.25) is 0 Å². The summed E-state index contributed by atoms with van der Waals surface area (Å²) in [5.41, 5.74) is 0.450. The van der Waals surface area contributed by atoms with E-state index in [4.69, 9.17) is 28.5 Å². The van der Waals surface area contributed by atoms with E-state index in [0.717, 1.165) is 0 Å². The van der Waals surface area contributed by atoms with Gasteiger partial charge in [-0.3, -0.25) is 0 Å². The minimum atomic E-state index is -0.355. The molecule has 0 saturated heterocycles. The maximum atomic E-state index is 11.5. The molecule has 0 unspecified atom stereocenters. The van der Waals surface area contributed by atoms with E-state index in [2.05, 4.69) is 0 Å². The molecule has 14 heavy (non-hydrogen) atoms. The van der Waals surface area contributed by atoms with Gasteiger partial charge in [0.15, 0.2) is 0 Å². The summed E-state index contributed by atoms with van der Waals surface area (Å²) in [5.74, 6) is 0. The standard InChI is InChI=1S/C9H5Cl2NOSe/c10-6-1-2-7(8(11)5-6)9(13)14-4-3-12/h1-2,5H,4H2. The topological polar surface area (TPSA) is 40.9 Å². The van der Waals surface area contributed by atoms with Gasteiger partial charge in [-0.1, -0.05) is 0 Å². The van der Waals surface area contributed by atoms with Crippen LogP contribution >= 0.6 is 23.2 Å². The molecule has 0 bridgehead atoms. The zero-order chi connectivity index (χ0) is 10.6. The van der Waals surface area contributed by atoms with Crippen molar-refractivity contribution >= 4 is 42.8 Å². The molecule has 0 fully saturated rings. The summed E-state index contributed by atoms with van der Waals surface area (Å²) in [6.07, 6.45) is 0. The number of hydrogen-bond donors (Lipinski definition) is 0. The molecule has 0 aromatic heterocycles. The van der Waals surface area contributed by atoms with Gasteiger partial charge >= 0.3 is 98.1 Å². The first kappa shape index (κ1) is 11.6. The monoisotopic (exact) mass is 293 g/mol. The number of hydrogen-bond acceptors (Lipinski definition) is 2. The molecule has 1 rings (SSSR count). The first-order valence-electron chi connectivity index (χ1n) is 3.64. The molecule has 0 saturated carbocycles. The third-order valence-corrected chi connectivity index (χ3v) is 3.55. The van der Waals surface area contributed by atoms with Crippen LogP contribution in [0.4, 0.5) is 0 Å². The number of halogens is 2. The van der Waals surface area contributed by atoms with Crippen LogP contribution in [-0.2, 0) is 0 Å². The zero-order valence-corrected chi connectivity index (χ0v) is 10.2. The summed E-state index contributed by atoms with van der Waals surface area (Å²) in [6.45, 7) is 0. The molecule has 0 radical (unpaired) electrons. The van der Waals surface area contributed by atoms with Gasteiger partial charge in [-0.15, -0.1) is 0 Å². The Morgan fingerprint density at radius 2 is 2.21 bits per heavy atom. The molecule has 0 amide bonds. The Morgan fingerprint density at radius 3 is 2.79 bits per heavy atom. The Balaban J connectivity index is 2.86. The molecular formula is C9H5Cl2NOSe. The Hall–Kier alpha value is -0.521. The van der Waals surface area contributed by atoms with E-state index < -0.39 is 0 Å². The van der Waals surface area contributed by atoms with Crippen LogP contribution in [0.25, 0.3) is 0 Å². The number of carbonyl (C=O) groups excluding carboxylic acids is 1. The predicted octanol–water partition coefficient (Wildman–Crippen LogP) is 2.78. The third kappa shape index (κ3) is 3.01. The normalized spacial score (nSPS) is 9.50. The average Bonchev–Trinajstić information content (AvgIpc) is 2.14. The Kier molecular flexibility index (Phi) is 4.44. The first-order valence-corrected chi connectivity index (χ1v) is 6.46. The van der Waals surface area contributed by atoms with Crippen molar-refractivity contribution in [2.75, 3.05) is 0 Å². The molecule has 0 N–H and O–H groups in total. The van der Waals surface area contributed by atoms with Crippen molar-refractivity contribution in [3.05, 3.63) is 33.8 Å². The Morgan fingerprint density at radius 1 is 1.50 bits per heavy atom. The minimum absolute atomic E-state index is 0.0688. The van der Waals surface area contributed by atoms with E-state index in [0.29, 0.717) is 15.6 Å². The van der Waals surface area contributed by atoms with Crippen molar-refractivity contribution in [1.82, 2.24) is 0 Å². The van der Waals surface area contributed by atoms with Gasteiger partial charge in [0, 0.05) is 0 Å². The van der Waals surface area contributed by atoms with Crippen LogP contribution in [0.3, 0.4) is 0 Å². The van der Waals surface area contributed by atoms with Crippen molar-refractivity contribution in [2.24, 2.45) is 0 Å². The molecule has 0 spiro atoms. The Labute approximate surface area is 98.0 Å². The van der Waals surface area contributed by atoms with Crippen molar-refractivity contribution in [1.29, 1.82) is 5.26 Å². The fraction of sp³-hybridized carbons (Fsp3) is 0.111. The number of benzene rings is 1. The third-order valence-electron chi connectivity index (χ3n) is 1.42. The molecule has 0 aliphatic carbocycles. The number of rotatable bonds is 3. The first-order chi connectivity index (χ1) is 6.65. The predicted molar refractivity (Wildman–Crippen MR) is 57.0 cm³/mol. The van der Waals surface area contributed by atoms with Crippen LogP contribution in [0.5, 0.6) is 0 Å². The molecule has 5 heteroatoms. The summed E-state index contributed by atoms with van der Waals surface area (Å²) < 4.78 is -0.0688. The van der Waals surface area contributed by atoms with Crippen LogP contribution in [0.15, 0.2) is 18.2 Å². The van der Waals surface area contributed by atoms with Crippen molar-refractivity contribution in [3.8, 4) is 6.07 Å². The summed E-state index contributed by atoms with van der Waals surface area (Å²) in [7, 11) is 0. The van der Waals surface area contributed by atoms with Crippen LogP contribution < -0.4 is 0 Å².